The van der Waals surface area contributed by atoms with Crippen LogP contribution < -0.4 is 31.3 Å². The third-order valence-corrected chi connectivity index (χ3v) is 7.51. The summed E-state index contributed by atoms with van der Waals surface area (Å²) in [5.41, 5.74) is 9.39. The van der Waals surface area contributed by atoms with Gasteiger partial charge in [0.25, 0.3) is 0 Å². The summed E-state index contributed by atoms with van der Waals surface area (Å²) in [7, 11) is 0. The highest BCUT2D eigenvalue weighted by molar-refractivity contribution is 6.32. The summed E-state index contributed by atoms with van der Waals surface area (Å²) in [5, 5.41) is 10.7. The molecule has 39 heavy (non-hydrogen) atoms. The second-order valence-electron chi connectivity index (χ2n) is 10.1. The third-order valence-electron chi connectivity index (χ3n) is 7.23. The van der Waals surface area contributed by atoms with Gasteiger partial charge in [0.2, 0.25) is 11.9 Å². The average molecular weight is 550 g/mol. The van der Waals surface area contributed by atoms with E-state index < -0.39 is 0 Å². The Labute approximate surface area is 234 Å². The minimum absolute atomic E-state index is 0.0515. The van der Waals surface area contributed by atoms with E-state index in [1.807, 2.05) is 43.3 Å². The van der Waals surface area contributed by atoms with Crippen molar-refractivity contribution in [3.05, 3.63) is 59.2 Å². The third kappa shape index (κ3) is 7.10. The van der Waals surface area contributed by atoms with Crippen molar-refractivity contribution in [2.24, 2.45) is 17.6 Å². The Kier molecular flexibility index (Phi) is 8.68. The monoisotopic (exact) mass is 549 g/mol. The van der Waals surface area contributed by atoms with Crippen LogP contribution in [0.25, 0.3) is 0 Å². The number of hydrogen-bond donors (Lipinski definition) is 4. The number of rotatable bonds is 12. The molecular formula is C29H36ClN7O2. The van der Waals surface area contributed by atoms with Gasteiger partial charge < -0.3 is 31.3 Å². The number of nitrogens with two attached hydrogens (primary N) is 1. The molecule has 2 aromatic carbocycles. The molecule has 10 heteroatoms. The normalized spacial score (nSPS) is 15.7. The van der Waals surface area contributed by atoms with Crippen LogP contribution in [0, 0.1) is 11.8 Å². The van der Waals surface area contributed by atoms with Gasteiger partial charge in [-0.15, -0.1) is 0 Å². The molecule has 5 rings (SSSR count). The van der Waals surface area contributed by atoms with E-state index in [0.29, 0.717) is 29.1 Å². The smallest absolute Gasteiger partial charge is 0.229 e. The van der Waals surface area contributed by atoms with Crippen molar-refractivity contribution in [1.82, 2.24) is 15.3 Å². The first-order chi connectivity index (χ1) is 19.0. The van der Waals surface area contributed by atoms with Gasteiger partial charge in [-0.05, 0) is 68.8 Å². The van der Waals surface area contributed by atoms with Gasteiger partial charge in [-0.2, -0.15) is 4.98 Å². The Hall–Kier alpha value is -3.56. The van der Waals surface area contributed by atoms with Crippen LogP contribution >= 0.6 is 11.6 Å². The zero-order chi connectivity index (χ0) is 27.2. The molecular weight excluding hydrogens is 514 g/mol. The fraction of sp³-hybridized carbons (Fsp3) is 0.414. The molecule has 2 fully saturated rings. The first kappa shape index (κ1) is 27.0. The van der Waals surface area contributed by atoms with Crippen LogP contribution in [0.5, 0.6) is 5.75 Å². The molecule has 1 aliphatic carbocycles. The van der Waals surface area contributed by atoms with E-state index in [0.717, 1.165) is 67.6 Å². The van der Waals surface area contributed by atoms with Crippen molar-refractivity contribution < 1.29 is 9.53 Å². The van der Waals surface area contributed by atoms with Crippen LogP contribution in [0.4, 0.5) is 28.8 Å². The minimum Gasteiger partial charge on any atom is -0.492 e. The number of hydrogen-bond acceptors (Lipinski definition) is 8. The van der Waals surface area contributed by atoms with Crippen LogP contribution in [0.1, 0.15) is 38.2 Å². The molecule has 1 amide bonds. The van der Waals surface area contributed by atoms with Crippen molar-refractivity contribution in [2.45, 2.75) is 39.2 Å². The lowest BCUT2D eigenvalue weighted by Gasteiger charge is -2.32. The Morgan fingerprint density at radius 2 is 1.90 bits per heavy atom. The molecule has 0 atom stereocenters. The molecule has 1 aliphatic heterocycles. The number of carbonyl (C=O) groups excluding carboxylic acids is 1. The summed E-state index contributed by atoms with van der Waals surface area (Å²) in [6, 6.07) is 14.2. The molecule has 2 aliphatic rings. The topological polar surface area (TPSA) is 117 Å². The van der Waals surface area contributed by atoms with Gasteiger partial charge in [-0.3, -0.25) is 4.79 Å². The van der Waals surface area contributed by atoms with Crippen molar-refractivity contribution >= 4 is 46.3 Å². The fourth-order valence-corrected chi connectivity index (χ4v) is 4.94. The van der Waals surface area contributed by atoms with Gasteiger partial charge in [0.15, 0.2) is 5.82 Å². The van der Waals surface area contributed by atoms with Gasteiger partial charge in [-0.1, -0.05) is 29.8 Å². The van der Waals surface area contributed by atoms with E-state index in [4.69, 9.17) is 22.1 Å². The van der Waals surface area contributed by atoms with Crippen LogP contribution in [-0.2, 0) is 11.3 Å². The van der Waals surface area contributed by atoms with Gasteiger partial charge in [0, 0.05) is 43.0 Å². The van der Waals surface area contributed by atoms with Gasteiger partial charge >= 0.3 is 0 Å². The molecule has 0 spiro atoms. The van der Waals surface area contributed by atoms with E-state index in [1.165, 1.54) is 12.8 Å². The number of nitrogens with one attached hydrogen (secondary N) is 3. The van der Waals surface area contributed by atoms with E-state index in [1.54, 1.807) is 6.20 Å². The number of ether oxygens (including phenoxy) is 1. The maximum Gasteiger partial charge on any atom is 0.229 e. The quantitative estimate of drug-likeness (QED) is 0.243. The highest BCUT2D eigenvalue weighted by Gasteiger charge is 2.24. The molecule has 1 saturated carbocycles. The first-order valence-corrected chi connectivity index (χ1v) is 14.0. The lowest BCUT2D eigenvalue weighted by molar-refractivity contribution is -0.122. The molecule has 5 N–H and O–H groups in total. The predicted molar refractivity (Wildman–Crippen MR) is 156 cm³/mol. The molecule has 1 saturated heterocycles. The summed E-state index contributed by atoms with van der Waals surface area (Å²) in [6.45, 7) is 5.84. The SMILES string of the molecule is CCOc1cc(N2CCC(C(N)=O)CC2)ccc1Nc1ncc(Cl)c(Nc2ccccc2CNCC2CC2)n1. The second kappa shape index (κ2) is 12.5. The largest absolute Gasteiger partial charge is 0.492 e. The number of amides is 1. The lowest BCUT2D eigenvalue weighted by Crippen LogP contribution is -2.38. The molecule has 0 radical (unpaired) electrons. The summed E-state index contributed by atoms with van der Waals surface area (Å²) in [6.07, 6.45) is 5.75. The van der Waals surface area contributed by atoms with E-state index in [2.05, 4.69) is 36.9 Å². The van der Waals surface area contributed by atoms with Crippen LogP contribution in [0.3, 0.4) is 0 Å². The predicted octanol–water partition coefficient (Wildman–Crippen LogP) is 5.22. The van der Waals surface area contributed by atoms with Gasteiger partial charge in [0.1, 0.15) is 10.8 Å². The molecule has 3 aromatic rings. The number of anilines is 5. The van der Waals surface area contributed by atoms with E-state index >= 15 is 0 Å². The molecule has 0 unspecified atom stereocenters. The average Bonchev–Trinajstić information content (AvgIpc) is 3.77. The molecule has 2 heterocycles. The van der Waals surface area contributed by atoms with Crippen molar-refractivity contribution in [1.29, 1.82) is 0 Å². The van der Waals surface area contributed by atoms with Crippen LogP contribution in [0.2, 0.25) is 5.02 Å². The Bertz CT molecular complexity index is 1290. The van der Waals surface area contributed by atoms with Crippen molar-refractivity contribution in [3.8, 4) is 5.75 Å². The van der Waals surface area contributed by atoms with Gasteiger partial charge in [-0.25, -0.2) is 4.98 Å². The molecule has 206 valence electrons. The van der Waals surface area contributed by atoms with E-state index in [-0.39, 0.29) is 11.8 Å². The number of benzene rings is 2. The fourth-order valence-electron chi connectivity index (χ4n) is 4.80. The zero-order valence-electron chi connectivity index (χ0n) is 22.3. The number of piperidine rings is 1. The number of aromatic nitrogens is 2. The Morgan fingerprint density at radius 3 is 2.64 bits per heavy atom. The number of halogens is 1. The number of primary amides is 1. The van der Waals surface area contributed by atoms with Gasteiger partial charge in [0.05, 0.1) is 18.5 Å². The number of carbonyl (C=O) groups is 1. The first-order valence-electron chi connectivity index (χ1n) is 13.7. The summed E-state index contributed by atoms with van der Waals surface area (Å²) < 4.78 is 5.96. The minimum atomic E-state index is -0.213. The summed E-state index contributed by atoms with van der Waals surface area (Å²) >= 11 is 6.48. The zero-order valence-corrected chi connectivity index (χ0v) is 23.0. The van der Waals surface area contributed by atoms with E-state index in [9.17, 15) is 4.79 Å². The highest BCUT2D eigenvalue weighted by Crippen LogP contribution is 2.34. The summed E-state index contributed by atoms with van der Waals surface area (Å²) in [4.78, 5) is 22.8. The number of para-hydroxylation sites is 1. The number of nitrogens with zero attached hydrogens (tertiary/aromatic N) is 3. The Morgan fingerprint density at radius 1 is 1.10 bits per heavy atom. The van der Waals surface area contributed by atoms with Crippen molar-refractivity contribution in [3.63, 3.8) is 0 Å². The van der Waals surface area contributed by atoms with Crippen LogP contribution in [-0.4, -0.2) is 42.1 Å². The molecule has 9 nitrogen and oxygen atoms in total. The lowest BCUT2D eigenvalue weighted by atomic mass is 9.96. The standard InChI is InChI=1S/C29H36ClN7O2/c1-2-39-26-15-22(37-13-11-20(12-14-37)27(31)38)9-10-25(26)35-29-33-18-23(30)28(36-29)34-24-6-4-3-5-21(24)17-32-16-19-7-8-19/h3-6,9-10,15,18-20,32H,2,7-8,11-14,16-17H2,1H3,(H2,31,38)(H2,33,34,35,36). The second-order valence-corrected chi connectivity index (χ2v) is 10.6. The molecule has 0 bridgehead atoms. The maximum absolute atomic E-state index is 11.5. The maximum atomic E-state index is 11.5. The van der Waals surface area contributed by atoms with Crippen molar-refractivity contribution in [2.75, 3.05) is 41.8 Å². The summed E-state index contributed by atoms with van der Waals surface area (Å²) in [5.74, 6) is 2.18. The Balaban J connectivity index is 1.29. The highest BCUT2D eigenvalue weighted by atomic mass is 35.5. The molecule has 1 aromatic heterocycles. The van der Waals surface area contributed by atoms with Crippen LogP contribution in [0.15, 0.2) is 48.7 Å².